The summed E-state index contributed by atoms with van der Waals surface area (Å²) in [5.74, 6) is 0.881. The van der Waals surface area contributed by atoms with Gasteiger partial charge in [0.15, 0.2) is 9.84 Å². The molecule has 1 atom stereocenters. The van der Waals surface area contributed by atoms with Crippen LogP contribution in [0.3, 0.4) is 0 Å². The highest BCUT2D eigenvalue weighted by molar-refractivity contribution is 9.10. The first-order chi connectivity index (χ1) is 10.8. The SMILES string of the molecule is CN(Cn1nc(-c2cccc(Br)c2)oc1=S)[C@H]1CCS(=O)(=O)C1. The minimum atomic E-state index is -2.91. The molecule has 3 rings (SSSR count). The highest BCUT2D eigenvalue weighted by Gasteiger charge is 2.30. The first kappa shape index (κ1) is 16.8. The molecule has 1 fully saturated rings. The fourth-order valence-electron chi connectivity index (χ4n) is 2.58. The van der Waals surface area contributed by atoms with Crippen LogP contribution in [0.2, 0.25) is 0 Å². The molecule has 0 radical (unpaired) electrons. The van der Waals surface area contributed by atoms with E-state index in [1.807, 2.05) is 36.2 Å². The fraction of sp³-hybridized carbons (Fsp3) is 0.429. The standard InChI is InChI=1S/C14H16BrN3O3S2/c1-17(12-5-6-23(19,20)8-12)9-18-14(22)21-13(16-18)10-3-2-4-11(15)7-10/h2-4,7,12H,5-6,8-9H2,1H3/t12-/m0/s1. The van der Waals surface area contributed by atoms with Gasteiger partial charge in [-0.1, -0.05) is 22.0 Å². The third-order valence-electron chi connectivity index (χ3n) is 3.87. The average molecular weight is 418 g/mol. The molecule has 0 spiro atoms. The number of hydrogen-bond donors (Lipinski definition) is 0. The van der Waals surface area contributed by atoms with Crippen molar-refractivity contribution in [1.29, 1.82) is 0 Å². The van der Waals surface area contributed by atoms with E-state index in [-0.39, 0.29) is 22.4 Å². The summed E-state index contributed by atoms with van der Waals surface area (Å²) in [5, 5.41) is 4.40. The molecule has 1 saturated heterocycles. The monoisotopic (exact) mass is 417 g/mol. The summed E-state index contributed by atoms with van der Waals surface area (Å²) in [5.41, 5.74) is 0.829. The maximum atomic E-state index is 11.6. The highest BCUT2D eigenvalue weighted by Crippen LogP contribution is 2.22. The molecular formula is C14H16BrN3O3S2. The summed E-state index contributed by atoms with van der Waals surface area (Å²) in [7, 11) is -1.04. The van der Waals surface area contributed by atoms with Crippen molar-refractivity contribution in [1.82, 2.24) is 14.7 Å². The Labute approximate surface area is 148 Å². The summed E-state index contributed by atoms with van der Waals surface area (Å²) in [6, 6.07) is 7.60. The largest absolute Gasteiger partial charge is 0.409 e. The van der Waals surface area contributed by atoms with Crippen LogP contribution in [0.25, 0.3) is 11.5 Å². The van der Waals surface area contributed by atoms with E-state index in [2.05, 4.69) is 21.0 Å². The predicted molar refractivity (Wildman–Crippen MR) is 93.3 cm³/mol. The number of sulfone groups is 1. The van der Waals surface area contributed by atoms with Crippen LogP contribution in [0.5, 0.6) is 0 Å². The molecule has 2 heterocycles. The molecule has 1 aliphatic rings. The average Bonchev–Trinajstić information content (AvgIpc) is 3.02. The molecule has 0 aliphatic carbocycles. The van der Waals surface area contributed by atoms with Crippen molar-refractivity contribution in [3.8, 4) is 11.5 Å². The molecule has 0 amide bonds. The van der Waals surface area contributed by atoms with Crippen molar-refractivity contribution in [2.45, 2.75) is 19.1 Å². The topological polar surface area (TPSA) is 68.3 Å². The van der Waals surface area contributed by atoms with Gasteiger partial charge in [-0.2, -0.15) is 0 Å². The van der Waals surface area contributed by atoms with Crippen molar-refractivity contribution < 1.29 is 12.8 Å². The van der Waals surface area contributed by atoms with E-state index in [9.17, 15) is 8.42 Å². The minimum Gasteiger partial charge on any atom is -0.409 e. The van der Waals surface area contributed by atoms with E-state index in [0.717, 1.165) is 10.0 Å². The summed E-state index contributed by atoms with van der Waals surface area (Å²) in [6.45, 7) is 0.399. The fourth-order valence-corrected chi connectivity index (χ4v) is 4.97. The highest BCUT2D eigenvalue weighted by atomic mass is 79.9. The second-order valence-electron chi connectivity index (χ2n) is 5.64. The van der Waals surface area contributed by atoms with Gasteiger partial charge in [-0.05, 0) is 43.9 Å². The molecule has 6 nitrogen and oxygen atoms in total. The van der Waals surface area contributed by atoms with Gasteiger partial charge in [0.05, 0.1) is 18.2 Å². The Morgan fingerprint density at radius 1 is 1.52 bits per heavy atom. The summed E-state index contributed by atoms with van der Waals surface area (Å²) in [6.07, 6.45) is 0.641. The van der Waals surface area contributed by atoms with Crippen LogP contribution in [0.15, 0.2) is 33.2 Å². The molecule has 124 valence electrons. The summed E-state index contributed by atoms with van der Waals surface area (Å²) < 4.78 is 31.3. The van der Waals surface area contributed by atoms with Crippen LogP contribution in [0, 0.1) is 4.84 Å². The van der Waals surface area contributed by atoms with Gasteiger partial charge in [-0.3, -0.25) is 4.90 Å². The molecular weight excluding hydrogens is 402 g/mol. The van der Waals surface area contributed by atoms with Crippen LogP contribution >= 0.6 is 28.1 Å². The quantitative estimate of drug-likeness (QED) is 0.712. The minimum absolute atomic E-state index is 0.00656. The van der Waals surface area contributed by atoms with Crippen molar-refractivity contribution in [2.75, 3.05) is 18.6 Å². The summed E-state index contributed by atoms with van der Waals surface area (Å²) in [4.78, 5) is 2.22. The molecule has 0 bridgehead atoms. The first-order valence-electron chi connectivity index (χ1n) is 7.08. The second kappa shape index (κ2) is 6.46. The van der Waals surface area contributed by atoms with Gasteiger partial charge >= 0.3 is 0 Å². The van der Waals surface area contributed by atoms with E-state index >= 15 is 0 Å². The number of halogens is 1. The Balaban J connectivity index is 1.78. The number of hydrogen-bond acceptors (Lipinski definition) is 6. The molecule has 0 saturated carbocycles. The second-order valence-corrected chi connectivity index (χ2v) is 9.13. The van der Waals surface area contributed by atoms with Crippen LogP contribution in [-0.2, 0) is 16.5 Å². The molecule has 0 unspecified atom stereocenters. The van der Waals surface area contributed by atoms with Crippen molar-refractivity contribution in [3.63, 3.8) is 0 Å². The third kappa shape index (κ3) is 3.90. The lowest BCUT2D eigenvalue weighted by atomic mass is 10.2. The van der Waals surface area contributed by atoms with E-state index in [1.54, 1.807) is 4.68 Å². The molecule has 1 aliphatic heterocycles. The van der Waals surface area contributed by atoms with Gasteiger partial charge in [0.25, 0.3) is 4.84 Å². The van der Waals surface area contributed by atoms with Gasteiger partial charge in [-0.25, -0.2) is 13.1 Å². The number of aromatic nitrogens is 2. The van der Waals surface area contributed by atoms with Crippen LogP contribution < -0.4 is 0 Å². The Morgan fingerprint density at radius 3 is 2.96 bits per heavy atom. The molecule has 1 aromatic carbocycles. The predicted octanol–water partition coefficient (Wildman–Crippen LogP) is 2.71. The van der Waals surface area contributed by atoms with Crippen LogP contribution in [-0.4, -0.2) is 47.7 Å². The summed E-state index contributed by atoms with van der Waals surface area (Å²) >= 11 is 8.63. The normalized spacial score (nSPS) is 20.2. The van der Waals surface area contributed by atoms with Crippen molar-refractivity contribution in [2.24, 2.45) is 0 Å². The van der Waals surface area contributed by atoms with E-state index < -0.39 is 9.84 Å². The first-order valence-corrected chi connectivity index (χ1v) is 10.1. The van der Waals surface area contributed by atoms with Crippen molar-refractivity contribution >= 4 is 38.0 Å². The van der Waals surface area contributed by atoms with Crippen LogP contribution in [0.1, 0.15) is 6.42 Å². The number of benzene rings is 1. The zero-order valence-corrected chi connectivity index (χ0v) is 15.7. The molecule has 23 heavy (non-hydrogen) atoms. The lowest BCUT2D eigenvalue weighted by molar-refractivity contribution is 0.194. The molecule has 1 aromatic heterocycles. The Bertz CT molecular complexity index is 875. The van der Waals surface area contributed by atoms with Gasteiger partial charge in [0.1, 0.15) is 0 Å². The number of nitrogens with zero attached hydrogens (tertiary/aromatic N) is 3. The maximum absolute atomic E-state index is 11.6. The van der Waals surface area contributed by atoms with Gasteiger partial charge in [0.2, 0.25) is 5.89 Å². The smallest absolute Gasteiger partial charge is 0.288 e. The molecule has 2 aromatic rings. The maximum Gasteiger partial charge on any atom is 0.288 e. The zero-order chi connectivity index (χ0) is 16.6. The Kier molecular flexibility index (Phi) is 4.73. The third-order valence-corrected chi connectivity index (χ3v) is 6.40. The lowest BCUT2D eigenvalue weighted by Gasteiger charge is -2.22. The molecule has 9 heteroatoms. The van der Waals surface area contributed by atoms with Gasteiger partial charge in [-0.15, -0.1) is 5.10 Å². The zero-order valence-electron chi connectivity index (χ0n) is 12.5. The lowest BCUT2D eigenvalue weighted by Crippen LogP contribution is -2.34. The van der Waals surface area contributed by atoms with Gasteiger partial charge in [0, 0.05) is 16.1 Å². The van der Waals surface area contributed by atoms with Crippen LogP contribution in [0.4, 0.5) is 0 Å². The number of rotatable bonds is 4. The Morgan fingerprint density at radius 2 is 2.30 bits per heavy atom. The Hall–Kier alpha value is -1.03. The van der Waals surface area contributed by atoms with E-state index in [1.165, 1.54) is 0 Å². The van der Waals surface area contributed by atoms with E-state index in [0.29, 0.717) is 19.0 Å². The van der Waals surface area contributed by atoms with Crippen molar-refractivity contribution in [3.05, 3.63) is 33.6 Å². The van der Waals surface area contributed by atoms with E-state index in [4.69, 9.17) is 16.6 Å². The van der Waals surface area contributed by atoms with Gasteiger partial charge < -0.3 is 4.42 Å². The molecule has 0 N–H and O–H groups in total.